The van der Waals surface area contributed by atoms with Gasteiger partial charge in [-0.2, -0.15) is 0 Å². The van der Waals surface area contributed by atoms with Gasteiger partial charge < -0.3 is 15.2 Å². The number of aliphatic hydroxyl groups excluding tert-OH is 1. The van der Waals surface area contributed by atoms with E-state index in [-0.39, 0.29) is 18.0 Å². The van der Waals surface area contributed by atoms with Gasteiger partial charge in [0.25, 0.3) is 0 Å². The standard InChI is InChI=1S/C17H26FNO2/c1-3-10-19-12(2)14-9-8-13(11-15(14)18)21-17-7-5-4-6-16(17)20/h8-9,11-12,16-17,19-20H,3-7,10H2,1-2H3. The van der Waals surface area contributed by atoms with Crippen LogP contribution in [0.15, 0.2) is 18.2 Å². The van der Waals surface area contributed by atoms with Crippen molar-refractivity contribution in [2.75, 3.05) is 6.54 Å². The number of aliphatic hydroxyl groups is 1. The third-order valence-electron chi connectivity index (χ3n) is 4.09. The summed E-state index contributed by atoms with van der Waals surface area (Å²) < 4.78 is 20.0. The lowest BCUT2D eigenvalue weighted by Gasteiger charge is -2.28. The average molecular weight is 295 g/mol. The van der Waals surface area contributed by atoms with Crippen molar-refractivity contribution >= 4 is 0 Å². The van der Waals surface area contributed by atoms with Crippen LogP contribution < -0.4 is 10.1 Å². The van der Waals surface area contributed by atoms with Crippen molar-refractivity contribution in [1.29, 1.82) is 0 Å². The molecule has 0 spiro atoms. The molecule has 3 nitrogen and oxygen atoms in total. The summed E-state index contributed by atoms with van der Waals surface area (Å²) in [6, 6.07) is 4.98. The van der Waals surface area contributed by atoms with Crippen LogP contribution in [-0.2, 0) is 0 Å². The Hall–Kier alpha value is -1.13. The topological polar surface area (TPSA) is 41.5 Å². The largest absolute Gasteiger partial charge is 0.488 e. The van der Waals surface area contributed by atoms with Crippen LogP contribution in [0.3, 0.4) is 0 Å². The van der Waals surface area contributed by atoms with Gasteiger partial charge in [0, 0.05) is 17.7 Å². The molecule has 1 saturated carbocycles. The van der Waals surface area contributed by atoms with Crippen LogP contribution >= 0.6 is 0 Å². The third-order valence-corrected chi connectivity index (χ3v) is 4.09. The van der Waals surface area contributed by atoms with Crippen LogP contribution in [0.25, 0.3) is 0 Å². The van der Waals surface area contributed by atoms with E-state index in [0.29, 0.717) is 11.3 Å². The molecule has 3 atom stereocenters. The zero-order chi connectivity index (χ0) is 15.2. The van der Waals surface area contributed by atoms with E-state index in [1.165, 1.54) is 6.07 Å². The van der Waals surface area contributed by atoms with Gasteiger partial charge in [-0.15, -0.1) is 0 Å². The van der Waals surface area contributed by atoms with Gasteiger partial charge in [-0.3, -0.25) is 0 Å². The molecule has 4 heteroatoms. The fraction of sp³-hybridized carbons (Fsp3) is 0.647. The fourth-order valence-corrected chi connectivity index (χ4v) is 2.79. The summed E-state index contributed by atoms with van der Waals surface area (Å²) in [5, 5.41) is 13.2. The van der Waals surface area contributed by atoms with Crippen molar-refractivity contribution in [2.24, 2.45) is 0 Å². The molecule has 1 aromatic carbocycles. The molecule has 2 rings (SSSR count). The Morgan fingerprint density at radius 2 is 2.14 bits per heavy atom. The molecule has 0 heterocycles. The Bertz CT molecular complexity index is 452. The lowest BCUT2D eigenvalue weighted by molar-refractivity contribution is 0.00671. The van der Waals surface area contributed by atoms with E-state index in [1.54, 1.807) is 12.1 Å². The van der Waals surface area contributed by atoms with Crippen LogP contribution in [0.4, 0.5) is 4.39 Å². The molecule has 21 heavy (non-hydrogen) atoms. The molecule has 0 bridgehead atoms. The molecule has 118 valence electrons. The second kappa shape index (κ2) is 7.76. The summed E-state index contributed by atoms with van der Waals surface area (Å²) in [5.74, 6) is 0.249. The van der Waals surface area contributed by atoms with E-state index in [4.69, 9.17) is 4.74 Å². The van der Waals surface area contributed by atoms with Gasteiger partial charge >= 0.3 is 0 Å². The normalized spacial score (nSPS) is 23.8. The monoisotopic (exact) mass is 295 g/mol. The van der Waals surface area contributed by atoms with E-state index in [1.807, 2.05) is 6.92 Å². The summed E-state index contributed by atoms with van der Waals surface area (Å²) in [6.07, 6.45) is 4.07. The quantitative estimate of drug-likeness (QED) is 0.843. The zero-order valence-corrected chi connectivity index (χ0v) is 12.9. The second-order valence-corrected chi connectivity index (χ2v) is 5.87. The minimum atomic E-state index is -0.438. The maximum absolute atomic E-state index is 14.2. The third kappa shape index (κ3) is 4.42. The van der Waals surface area contributed by atoms with Crippen molar-refractivity contribution in [3.8, 4) is 5.75 Å². The molecular weight excluding hydrogens is 269 g/mol. The smallest absolute Gasteiger partial charge is 0.131 e. The fourth-order valence-electron chi connectivity index (χ4n) is 2.79. The molecule has 0 radical (unpaired) electrons. The van der Waals surface area contributed by atoms with Crippen LogP contribution in [0, 0.1) is 5.82 Å². The number of hydrogen-bond donors (Lipinski definition) is 2. The molecule has 0 aliphatic heterocycles. The number of rotatable bonds is 6. The van der Waals surface area contributed by atoms with Crippen molar-refractivity contribution in [2.45, 2.75) is 64.2 Å². The van der Waals surface area contributed by atoms with E-state index in [9.17, 15) is 9.50 Å². The summed E-state index contributed by atoms with van der Waals surface area (Å²) in [4.78, 5) is 0. The van der Waals surface area contributed by atoms with E-state index in [0.717, 1.165) is 38.6 Å². The molecule has 0 saturated heterocycles. The molecule has 1 aromatic rings. The molecule has 1 aliphatic rings. The predicted molar refractivity (Wildman–Crippen MR) is 82.0 cm³/mol. The summed E-state index contributed by atoms with van der Waals surface area (Å²) in [6.45, 7) is 4.91. The van der Waals surface area contributed by atoms with Gasteiger partial charge in [-0.25, -0.2) is 4.39 Å². The molecule has 2 N–H and O–H groups in total. The molecule has 0 amide bonds. The molecule has 3 unspecified atom stereocenters. The number of benzene rings is 1. The van der Waals surface area contributed by atoms with Crippen molar-refractivity contribution in [3.05, 3.63) is 29.6 Å². The van der Waals surface area contributed by atoms with Crippen LogP contribution in [0.2, 0.25) is 0 Å². The SMILES string of the molecule is CCCNC(C)c1ccc(OC2CCCCC2O)cc1F. The van der Waals surface area contributed by atoms with Crippen molar-refractivity contribution < 1.29 is 14.2 Å². The maximum atomic E-state index is 14.2. The molecular formula is C17H26FNO2. The molecule has 0 aromatic heterocycles. The van der Waals surface area contributed by atoms with Gasteiger partial charge in [-0.1, -0.05) is 19.4 Å². The number of halogens is 1. The Balaban J connectivity index is 2.01. The van der Waals surface area contributed by atoms with Gasteiger partial charge in [0.1, 0.15) is 17.7 Å². The van der Waals surface area contributed by atoms with E-state index >= 15 is 0 Å². The first-order valence-electron chi connectivity index (χ1n) is 7.99. The van der Waals surface area contributed by atoms with Crippen LogP contribution in [-0.4, -0.2) is 23.9 Å². The highest BCUT2D eigenvalue weighted by Crippen LogP contribution is 2.26. The Morgan fingerprint density at radius 3 is 2.81 bits per heavy atom. The zero-order valence-electron chi connectivity index (χ0n) is 12.9. The van der Waals surface area contributed by atoms with Crippen LogP contribution in [0.1, 0.15) is 57.6 Å². The Morgan fingerprint density at radius 1 is 1.38 bits per heavy atom. The van der Waals surface area contributed by atoms with Crippen molar-refractivity contribution in [3.63, 3.8) is 0 Å². The van der Waals surface area contributed by atoms with Gasteiger partial charge in [0.15, 0.2) is 0 Å². The van der Waals surface area contributed by atoms with Gasteiger partial charge in [-0.05, 0) is 45.2 Å². The first-order chi connectivity index (χ1) is 10.1. The van der Waals surface area contributed by atoms with Crippen LogP contribution in [0.5, 0.6) is 5.75 Å². The van der Waals surface area contributed by atoms with Crippen molar-refractivity contribution in [1.82, 2.24) is 5.32 Å². The second-order valence-electron chi connectivity index (χ2n) is 5.87. The lowest BCUT2D eigenvalue weighted by Crippen LogP contribution is -2.34. The molecule has 1 fully saturated rings. The maximum Gasteiger partial charge on any atom is 0.131 e. The van der Waals surface area contributed by atoms with Gasteiger partial charge in [0.2, 0.25) is 0 Å². The minimum absolute atomic E-state index is 0.0146. The first-order valence-corrected chi connectivity index (χ1v) is 7.99. The summed E-state index contributed by atoms with van der Waals surface area (Å²) in [5.41, 5.74) is 0.653. The van der Waals surface area contributed by atoms with Gasteiger partial charge in [0.05, 0.1) is 6.10 Å². The highest BCUT2D eigenvalue weighted by Gasteiger charge is 2.25. The lowest BCUT2D eigenvalue weighted by atomic mass is 9.95. The highest BCUT2D eigenvalue weighted by atomic mass is 19.1. The Labute approximate surface area is 126 Å². The highest BCUT2D eigenvalue weighted by molar-refractivity contribution is 5.31. The predicted octanol–water partition coefficient (Wildman–Crippen LogP) is 3.57. The average Bonchev–Trinajstić information content (AvgIpc) is 2.47. The Kier molecular flexibility index (Phi) is 6.00. The summed E-state index contributed by atoms with van der Waals surface area (Å²) >= 11 is 0. The number of hydrogen-bond acceptors (Lipinski definition) is 3. The molecule has 1 aliphatic carbocycles. The number of ether oxygens (including phenoxy) is 1. The summed E-state index contributed by atoms with van der Waals surface area (Å²) in [7, 11) is 0. The minimum Gasteiger partial charge on any atom is -0.488 e. The van der Waals surface area contributed by atoms with E-state index in [2.05, 4.69) is 12.2 Å². The van der Waals surface area contributed by atoms with E-state index < -0.39 is 6.10 Å². The first kappa shape index (κ1) is 16.2. The number of nitrogens with one attached hydrogen (secondary N) is 1.